The molecule has 1 N–H and O–H groups in total. The van der Waals surface area contributed by atoms with E-state index >= 15 is 0 Å². The molecular formula is C33H42N2O2. The third-order valence-electron chi connectivity index (χ3n) is 6.70. The van der Waals surface area contributed by atoms with Gasteiger partial charge in [0.1, 0.15) is 6.04 Å². The Morgan fingerprint density at radius 1 is 0.865 bits per heavy atom. The summed E-state index contributed by atoms with van der Waals surface area (Å²) in [6, 6.07) is 26.1. The summed E-state index contributed by atoms with van der Waals surface area (Å²) < 4.78 is 0. The first-order valence-corrected chi connectivity index (χ1v) is 13.4. The minimum atomic E-state index is -0.578. The fourth-order valence-corrected chi connectivity index (χ4v) is 4.49. The molecule has 0 aliphatic carbocycles. The summed E-state index contributed by atoms with van der Waals surface area (Å²) in [4.78, 5) is 29.0. The first-order valence-electron chi connectivity index (χ1n) is 13.4. The van der Waals surface area contributed by atoms with E-state index in [0.717, 1.165) is 28.7 Å². The van der Waals surface area contributed by atoms with E-state index in [2.05, 4.69) is 56.4 Å². The van der Waals surface area contributed by atoms with E-state index in [-0.39, 0.29) is 17.2 Å². The Bertz CT molecular complexity index is 1150. The van der Waals surface area contributed by atoms with Crippen molar-refractivity contribution in [2.75, 3.05) is 6.54 Å². The Hall–Kier alpha value is -3.40. The molecule has 4 heteroatoms. The van der Waals surface area contributed by atoms with Crippen molar-refractivity contribution in [3.8, 4) is 0 Å². The summed E-state index contributed by atoms with van der Waals surface area (Å²) in [5.74, 6) is -0.102. The quantitative estimate of drug-likeness (QED) is 0.333. The average molecular weight is 499 g/mol. The number of rotatable bonds is 11. The number of carbonyl (C=O) groups excluding carboxylic acids is 2. The molecule has 0 heterocycles. The number of amides is 2. The van der Waals surface area contributed by atoms with Gasteiger partial charge in [0.25, 0.3) is 0 Å². The summed E-state index contributed by atoms with van der Waals surface area (Å²) in [6.45, 7) is 11.7. The molecule has 1 atom stereocenters. The second kappa shape index (κ2) is 13.2. The maximum Gasteiger partial charge on any atom is 0.243 e. The first kappa shape index (κ1) is 28.2. The van der Waals surface area contributed by atoms with Crippen molar-refractivity contribution < 1.29 is 9.59 Å². The van der Waals surface area contributed by atoms with Crippen LogP contribution in [0.5, 0.6) is 0 Å². The summed E-state index contributed by atoms with van der Waals surface area (Å²) in [5.41, 5.74) is 5.71. The van der Waals surface area contributed by atoms with Gasteiger partial charge >= 0.3 is 0 Å². The zero-order chi connectivity index (χ0) is 26.8. The van der Waals surface area contributed by atoms with Crippen molar-refractivity contribution >= 4 is 11.8 Å². The topological polar surface area (TPSA) is 49.4 Å². The van der Waals surface area contributed by atoms with Crippen LogP contribution in [0.3, 0.4) is 0 Å². The highest BCUT2D eigenvalue weighted by atomic mass is 16.2. The van der Waals surface area contributed by atoms with Gasteiger partial charge in [-0.15, -0.1) is 0 Å². The number of hydrogen-bond acceptors (Lipinski definition) is 2. The lowest BCUT2D eigenvalue weighted by molar-refractivity contribution is -0.141. The van der Waals surface area contributed by atoms with Crippen LogP contribution in [-0.4, -0.2) is 29.3 Å². The zero-order valence-corrected chi connectivity index (χ0v) is 23.1. The Labute approximate surface area is 223 Å². The number of nitrogens with one attached hydrogen (secondary N) is 1. The first-order chi connectivity index (χ1) is 17.7. The van der Waals surface area contributed by atoms with Crippen molar-refractivity contribution in [2.45, 2.75) is 78.3 Å². The predicted molar refractivity (Wildman–Crippen MR) is 152 cm³/mol. The van der Waals surface area contributed by atoms with Crippen LogP contribution in [0.25, 0.3) is 0 Å². The molecular weight excluding hydrogens is 456 g/mol. The number of benzene rings is 3. The number of hydrogen-bond donors (Lipinski definition) is 1. The van der Waals surface area contributed by atoms with E-state index in [0.29, 0.717) is 32.4 Å². The molecule has 3 aromatic carbocycles. The second-order valence-electron chi connectivity index (χ2n) is 11.0. The molecule has 37 heavy (non-hydrogen) atoms. The summed E-state index contributed by atoms with van der Waals surface area (Å²) in [5, 5.41) is 3.05. The molecule has 2 amide bonds. The van der Waals surface area contributed by atoms with Gasteiger partial charge in [-0.3, -0.25) is 9.59 Å². The van der Waals surface area contributed by atoms with Crippen LogP contribution in [0.2, 0.25) is 0 Å². The van der Waals surface area contributed by atoms with Crippen molar-refractivity contribution in [1.29, 1.82) is 0 Å². The molecule has 0 aliphatic rings. The third kappa shape index (κ3) is 8.59. The Morgan fingerprint density at radius 2 is 1.54 bits per heavy atom. The van der Waals surface area contributed by atoms with Gasteiger partial charge in [0.2, 0.25) is 11.8 Å². The SMILES string of the molecule is CCCNC(=O)[C@@H](Cc1ccccc1)N(Cc1cccc(C)c1)C(=O)CCc1ccc(C(C)(C)C)cc1. The molecule has 3 aromatic rings. The molecule has 0 bridgehead atoms. The highest BCUT2D eigenvalue weighted by molar-refractivity contribution is 5.88. The molecule has 0 aromatic heterocycles. The average Bonchev–Trinajstić information content (AvgIpc) is 2.88. The van der Waals surface area contributed by atoms with Crippen LogP contribution in [0.1, 0.15) is 68.4 Å². The van der Waals surface area contributed by atoms with Crippen LogP contribution in [0.15, 0.2) is 78.9 Å². The largest absolute Gasteiger partial charge is 0.354 e. The molecule has 0 spiro atoms. The van der Waals surface area contributed by atoms with Crippen LogP contribution in [0.4, 0.5) is 0 Å². The van der Waals surface area contributed by atoms with Gasteiger partial charge in [-0.05, 0) is 47.4 Å². The lowest BCUT2D eigenvalue weighted by atomic mass is 9.86. The van der Waals surface area contributed by atoms with Crippen LogP contribution >= 0.6 is 0 Å². The standard InChI is InChI=1S/C33H42N2O2/c1-6-21-34-32(37)30(23-27-12-8-7-9-13-27)35(24-28-14-10-11-25(2)22-28)31(36)20-17-26-15-18-29(19-16-26)33(3,4)5/h7-16,18-19,22,30H,6,17,20-21,23-24H2,1-5H3,(H,34,37)/t30-/m1/s1. The van der Waals surface area contributed by atoms with Crippen LogP contribution in [-0.2, 0) is 34.4 Å². The fourth-order valence-electron chi connectivity index (χ4n) is 4.49. The van der Waals surface area contributed by atoms with Gasteiger partial charge in [0.15, 0.2) is 0 Å². The number of nitrogens with zero attached hydrogens (tertiary/aromatic N) is 1. The Kier molecular flexibility index (Phi) is 10.1. The highest BCUT2D eigenvalue weighted by Crippen LogP contribution is 2.23. The molecule has 196 valence electrons. The highest BCUT2D eigenvalue weighted by Gasteiger charge is 2.30. The van der Waals surface area contributed by atoms with Gasteiger partial charge < -0.3 is 10.2 Å². The normalized spacial score (nSPS) is 12.1. The Balaban J connectivity index is 1.86. The van der Waals surface area contributed by atoms with Gasteiger partial charge in [-0.1, -0.05) is 112 Å². The van der Waals surface area contributed by atoms with Crippen molar-refractivity contribution in [2.24, 2.45) is 0 Å². The number of carbonyl (C=O) groups is 2. The van der Waals surface area contributed by atoms with Gasteiger partial charge in [-0.25, -0.2) is 0 Å². The molecule has 0 unspecified atom stereocenters. The smallest absolute Gasteiger partial charge is 0.243 e. The van der Waals surface area contributed by atoms with E-state index in [9.17, 15) is 9.59 Å². The number of aryl methyl sites for hydroxylation is 2. The summed E-state index contributed by atoms with van der Waals surface area (Å²) in [6.07, 6.45) is 2.32. The molecule has 0 saturated carbocycles. The molecule has 4 nitrogen and oxygen atoms in total. The minimum absolute atomic E-state index is 0.00557. The van der Waals surface area contributed by atoms with Crippen molar-refractivity contribution in [3.63, 3.8) is 0 Å². The lowest BCUT2D eigenvalue weighted by Gasteiger charge is -2.32. The van der Waals surface area contributed by atoms with Gasteiger partial charge in [-0.2, -0.15) is 0 Å². The minimum Gasteiger partial charge on any atom is -0.354 e. The Morgan fingerprint density at radius 3 is 2.16 bits per heavy atom. The summed E-state index contributed by atoms with van der Waals surface area (Å²) in [7, 11) is 0. The zero-order valence-electron chi connectivity index (χ0n) is 23.1. The van der Waals surface area contributed by atoms with Crippen LogP contribution < -0.4 is 5.32 Å². The molecule has 0 saturated heterocycles. The lowest BCUT2D eigenvalue weighted by Crippen LogP contribution is -2.50. The monoisotopic (exact) mass is 498 g/mol. The van der Waals surface area contributed by atoms with E-state index in [1.165, 1.54) is 5.56 Å². The van der Waals surface area contributed by atoms with E-state index in [1.807, 2.05) is 62.4 Å². The van der Waals surface area contributed by atoms with Gasteiger partial charge in [0.05, 0.1) is 0 Å². The molecule has 0 radical (unpaired) electrons. The maximum absolute atomic E-state index is 13.8. The molecule has 3 rings (SSSR count). The van der Waals surface area contributed by atoms with Crippen molar-refractivity contribution in [3.05, 3.63) is 107 Å². The second-order valence-corrected chi connectivity index (χ2v) is 11.0. The fraction of sp³-hybridized carbons (Fsp3) is 0.394. The third-order valence-corrected chi connectivity index (χ3v) is 6.70. The van der Waals surface area contributed by atoms with Crippen LogP contribution in [0, 0.1) is 6.92 Å². The van der Waals surface area contributed by atoms with Crippen molar-refractivity contribution in [1.82, 2.24) is 10.2 Å². The maximum atomic E-state index is 13.8. The van der Waals surface area contributed by atoms with E-state index < -0.39 is 6.04 Å². The van der Waals surface area contributed by atoms with E-state index in [1.54, 1.807) is 4.90 Å². The summed E-state index contributed by atoms with van der Waals surface area (Å²) >= 11 is 0. The van der Waals surface area contributed by atoms with Gasteiger partial charge in [0, 0.05) is 25.9 Å². The molecule has 0 fully saturated rings. The van der Waals surface area contributed by atoms with E-state index in [4.69, 9.17) is 0 Å². The predicted octanol–water partition coefficient (Wildman–Crippen LogP) is 6.39. The molecule has 0 aliphatic heterocycles.